The fourth-order valence-corrected chi connectivity index (χ4v) is 1.47. The molecule has 0 spiro atoms. The van der Waals surface area contributed by atoms with E-state index in [1.165, 1.54) is 0 Å². The average Bonchev–Trinajstić information content (AvgIpc) is 2.51. The highest BCUT2D eigenvalue weighted by Crippen LogP contribution is 2.00. The van der Waals surface area contributed by atoms with Crippen molar-refractivity contribution in [3.63, 3.8) is 0 Å². The van der Waals surface area contributed by atoms with Crippen molar-refractivity contribution in [1.82, 2.24) is 9.55 Å². The van der Waals surface area contributed by atoms with Crippen molar-refractivity contribution < 1.29 is 4.57 Å². The zero-order chi connectivity index (χ0) is 9.97. The normalized spacial score (nSPS) is 10.4. The summed E-state index contributed by atoms with van der Waals surface area (Å²) >= 11 is 0. The molecule has 0 amide bonds. The lowest BCUT2D eigenvalue weighted by atomic mass is 10.3. The van der Waals surface area contributed by atoms with Gasteiger partial charge in [0.25, 0.3) is 0 Å². The summed E-state index contributed by atoms with van der Waals surface area (Å²) in [4.78, 5) is 4.45. The average molecular weight is 188 g/mol. The Morgan fingerprint density at radius 3 is 2.93 bits per heavy atom. The molecule has 0 fully saturated rings. The highest BCUT2D eigenvalue weighted by Gasteiger charge is 2.02. The Morgan fingerprint density at radius 2 is 2.29 bits per heavy atom. The third-order valence-corrected chi connectivity index (χ3v) is 2.11. The summed E-state index contributed by atoms with van der Waals surface area (Å²) < 4.78 is 4.14. The second kappa shape index (κ2) is 3.62. The van der Waals surface area contributed by atoms with E-state index in [1.807, 2.05) is 55.5 Å². The predicted molar refractivity (Wildman–Crippen MR) is 53.7 cm³/mol. The molecule has 3 nitrogen and oxygen atoms in total. The van der Waals surface area contributed by atoms with E-state index in [2.05, 4.69) is 9.55 Å². The van der Waals surface area contributed by atoms with Gasteiger partial charge in [0.05, 0.1) is 12.7 Å². The Labute approximate surface area is 83.7 Å². The third-order valence-electron chi connectivity index (χ3n) is 2.11. The topological polar surface area (TPSA) is 21.7 Å². The van der Waals surface area contributed by atoms with Gasteiger partial charge in [-0.25, -0.2) is 9.13 Å². The molecule has 14 heavy (non-hydrogen) atoms. The van der Waals surface area contributed by atoms with E-state index in [9.17, 15) is 0 Å². The van der Waals surface area contributed by atoms with Crippen LogP contribution in [-0.2, 0) is 13.6 Å². The Hall–Kier alpha value is -1.64. The quantitative estimate of drug-likeness (QED) is 0.646. The molecule has 0 aliphatic heterocycles. The van der Waals surface area contributed by atoms with Gasteiger partial charge in [0.15, 0.2) is 0 Å². The number of imidazole rings is 1. The molecule has 72 valence electrons. The van der Waals surface area contributed by atoms with Crippen LogP contribution in [-0.4, -0.2) is 9.55 Å². The molecule has 2 aromatic heterocycles. The Balaban J connectivity index is 2.18. The highest BCUT2D eigenvalue weighted by molar-refractivity contribution is 5.10. The van der Waals surface area contributed by atoms with Crippen LogP contribution in [0.2, 0.25) is 0 Å². The van der Waals surface area contributed by atoms with Gasteiger partial charge in [-0.15, -0.1) is 0 Å². The maximum Gasteiger partial charge on any atom is 0.243 e. The molecule has 2 rings (SSSR count). The second-order valence-electron chi connectivity index (χ2n) is 3.52. The van der Waals surface area contributed by atoms with Crippen molar-refractivity contribution in [2.45, 2.75) is 13.5 Å². The van der Waals surface area contributed by atoms with E-state index in [0.717, 1.165) is 17.9 Å². The number of hydrogen-bond donors (Lipinski definition) is 0. The molecule has 0 aliphatic rings. The van der Waals surface area contributed by atoms with Crippen LogP contribution < -0.4 is 4.57 Å². The largest absolute Gasteiger partial charge is 0.254 e. The van der Waals surface area contributed by atoms with Gasteiger partial charge in [-0.3, -0.25) is 4.98 Å². The van der Waals surface area contributed by atoms with Gasteiger partial charge in [0.1, 0.15) is 18.9 Å². The SMILES string of the molecule is Cc1cccc(Cn2cc[n+](C)c2)n1. The summed E-state index contributed by atoms with van der Waals surface area (Å²) in [6.45, 7) is 2.85. The van der Waals surface area contributed by atoms with Crippen molar-refractivity contribution in [2.24, 2.45) is 7.05 Å². The molecule has 0 saturated heterocycles. The standard InChI is InChI=1S/C11H14N3/c1-10-4-3-5-11(12-10)8-14-7-6-13(2)9-14/h3-7,9H,8H2,1-2H3/q+1. The highest BCUT2D eigenvalue weighted by atomic mass is 15.1. The molecular formula is C11H14N3+. The third kappa shape index (κ3) is 1.99. The summed E-state index contributed by atoms with van der Waals surface area (Å²) in [7, 11) is 2.01. The molecule has 0 atom stereocenters. The smallest absolute Gasteiger partial charge is 0.243 e. The fraction of sp³-hybridized carbons (Fsp3) is 0.273. The number of nitrogens with zero attached hydrogens (tertiary/aromatic N) is 3. The van der Waals surface area contributed by atoms with Crippen LogP contribution in [0.1, 0.15) is 11.4 Å². The molecular weight excluding hydrogens is 174 g/mol. The van der Waals surface area contributed by atoms with E-state index >= 15 is 0 Å². The fourth-order valence-electron chi connectivity index (χ4n) is 1.47. The van der Waals surface area contributed by atoms with Crippen molar-refractivity contribution in [3.05, 3.63) is 48.3 Å². The monoisotopic (exact) mass is 188 g/mol. The van der Waals surface area contributed by atoms with Gasteiger partial charge in [0, 0.05) is 5.69 Å². The lowest BCUT2D eigenvalue weighted by molar-refractivity contribution is -0.671. The zero-order valence-corrected chi connectivity index (χ0v) is 8.51. The van der Waals surface area contributed by atoms with Gasteiger partial charge < -0.3 is 0 Å². The van der Waals surface area contributed by atoms with Crippen LogP contribution in [0.25, 0.3) is 0 Å². The van der Waals surface area contributed by atoms with Gasteiger partial charge in [0.2, 0.25) is 6.33 Å². The number of aromatic nitrogens is 3. The summed E-state index contributed by atoms with van der Waals surface area (Å²) in [6, 6.07) is 6.10. The Kier molecular flexibility index (Phi) is 2.31. The van der Waals surface area contributed by atoms with Crippen molar-refractivity contribution in [1.29, 1.82) is 0 Å². The summed E-state index contributed by atoms with van der Waals surface area (Å²) in [6.07, 6.45) is 6.11. The minimum absolute atomic E-state index is 0.836. The zero-order valence-electron chi connectivity index (χ0n) is 8.51. The van der Waals surface area contributed by atoms with E-state index in [0.29, 0.717) is 0 Å². The molecule has 0 unspecified atom stereocenters. The predicted octanol–water partition coefficient (Wildman–Crippen LogP) is 1.06. The second-order valence-corrected chi connectivity index (χ2v) is 3.52. The minimum atomic E-state index is 0.836. The lowest BCUT2D eigenvalue weighted by Gasteiger charge is -1.97. The molecule has 0 bridgehead atoms. The van der Waals surface area contributed by atoms with Gasteiger partial charge in [-0.1, -0.05) is 6.07 Å². The molecule has 0 saturated carbocycles. The van der Waals surface area contributed by atoms with Crippen molar-refractivity contribution in [3.8, 4) is 0 Å². The first kappa shape index (κ1) is 8.94. The minimum Gasteiger partial charge on any atom is -0.254 e. The van der Waals surface area contributed by atoms with Crippen LogP contribution in [0, 0.1) is 6.92 Å². The molecule has 0 N–H and O–H groups in total. The van der Waals surface area contributed by atoms with Crippen molar-refractivity contribution in [2.75, 3.05) is 0 Å². The number of aryl methyl sites for hydroxylation is 2. The molecule has 0 radical (unpaired) electrons. The maximum absolute atomic E-state index is 4.45. The first-order valence-corrected chi connectivity index (χ1v) is 4.67. The van der Waals surface area contributed by atoms with E-state index < -0.39 is 0 Å². The van der Waals surface area contributed by atoms with E-state index in [1.54, 1.807) is 0 Å². The van der Waals surface area contributed by atoms with Crippen LogP contribution in [0.5, 0.6) is 0 Å². The number of pyridine rings is 1. The molecule has 0 aliphatic carbocycles. The van der Waals surface area contributed by atoms with E-state index in [4.69, 9.17) is 0 Å². The van der Waals surface area contributed by atoms with Gasteiger partial charge in [-0.2, -0.15) is 0 Å². The number of rotatable bonds is 2. The molecule has 3 heteroatoms. The summed E-state index contributed by atoms with van der Waals surface area (Å²) in [5.41, 5.74) is 2.17. The van der Waals surface area contributed by atoms with Gasteiger partial charge >= 0.3 is 0 Å². The van der Waals surface area contributed by atoms with Crippen LogP contribution >= 0.6 is 0 Å². The molecule has 0 aromatic carbocycles. The lowest BCUT2D eigenvalue weighted by Crippen LogP contribution is -2.23. The summed E-state index contributed by atoms with van der Waals surface area (Å²) in [5, 5.41) is 0. The molecule has 2 heterocycles. The van der Waals surface area contributed by atoms with Crippen LogP contribution in [0.4, 0.5) is 0 Å². The Bertz CT molecular complexity index is 432. The first-order chi connectivity index (χ1) is 6.74. The maximum atomic E-state index is 4.45. The Morgan fingerprint density at radius 1 is 1.43 bits per heavy atom. The molecule has 2 aromatic rings. The van der Waals surface area contributed by atoms with Crippen LogP contribution in [0.15, 0.2) is 36.9 Å². The number of hydrogen-bond acceptors (Lipinski definition) is 1. The van der Waals surface area contributed by atoms with E-state index in [-0.39, 0.29) is 0 Å². The van der Waals surface area contributed by atoms with Crippen molar-refractivity contribution >= 4 is 0 Å². The van der Waals surface area contributed by atoms with Gasteiger partial charge in [-0.05, 0) is 19.1 Å². The first-order valence-electron chi connectivity index (χ1n) is 4.67. The van der Waals surface area contributed by atoms with Crippen LogP contribution in [0.3, 0.4) is 0 Å². The summed E-state index contributed by atoms with van der Waals surface area (Å²) in [5.74, 6) is 0.